The van der Waals surface area contributed by atoms with Gasteiger partial charge in [0, 0.05) is 6.07 Å². The summed E-state index contributed by atoms with van der Waals surface area (Å²) in [5.41, 5.74) is -1.43. The molecule has 11 heteroatoms. The fraction of sp³-hybridized carbons (Fsp3) is 0.0588. The molecule has 144 valence electrons. The standard InChI is InChI=1S/C17H10F3N3O5/c18-17(19,20)10-3-6-14(13(8-10)23(26)27)28-11-4-1-9(2-5-11)7-12-15(24)22-16(25)21-12/h1-8H,(H2,21,22,24,25)/b12-7-. The van der Waals surface area contributed by atoms with Gasteiger partial charge in [-0.2, -0.15) is 13.2 Å². The van der Waals surface area contributed by atoms with E-state index in [0.717, 1.165) is 6.07 Å². The van der Waals surface area contributed by atoms with E-state index in [9.17, 15) is 32.9 Å². The summed E-state index contributed by atoms with van der Waals surface area (Å²) >= 11 is 0. The smallest absolute Gasteiger partial charge is 0.416 e. The van der Waals surface area contributed by atoms with Gasteiger partial charge in [0.25, 0.3) is 5.91 Å². The number of benzene rings is 2. The highest BCUT2D eigenvalue weighted by Gasteiger charge is 2.33. The van der Waals surface area contributed by atoms with Gasteiger partial charge in [-0.15, -0.1) is 0 Å². The molecule has 3 amide bonds. The summed E-state index contributed by atoms with van der Waals surface area (Å²) < 4.78 is 43.5. The van der Waals surface area contributed by atoms with Crippen LogP contribution in [-0.4, -0.2) is 16.9 Å². The number of nitrogens with one attached hydrogen (secondary N) is 2. The number of imide groups is 1. The second-order valence-corrected chi connectivity index (χ2v) is 5.57. The van der Waals surface area contributed by atoms with Crippen molar-refractivity contribution in [2.75, 3.05) is 0 Å². The predicted octanol–water partition coefficient (Wildman–Crippen LogP) is 3.59. The molecule has 0 spiro atoms. The Morgan fingerprint density at radius 1 is 1.04 bits per heavy atom. The van der Waals surface area contributed by atoms with Crippen molar-refractivity contribution in [1.82, 2.24) is 10.6 Å². The second-order valence-electron chi connectivity index (χ2n) is 5.57. The van der Waals surface area contributed by atoms with Crippen molar-refractivity contribution in [3.63, 3.8) is 0 Å². The van der Waals surface area contributed by atoms with E-state index < -0.39 is 34.3 Å². The molecular weight excluding hydrogens is 383 g/mol. The van der Waals surface area contributed by atoms with Gasteiger partial charge in [-0.25, -0.2) is 4.79 Å². The van der Waals surface area contributed by atoms with Gasteiger partial charge in [0.2, 0.25) is 5.75 Å². The lowest BCUT2D eigenvalue weighted by Gasteiger charge is -2.10. The van der Waals surface area contributed by atoms with Crippen molar-refractivity contribution in [3.8, 4) is 11.5 Å². The Morgan fingerprint density at radius 3 is 2.25 bits per heavy atom. The summed E-state index contributed by atoms with van der Waals surface area (Å²) in [5, 5.41) is 15.4. The summed E-state index contributed by atoms with van der Waals surface area (Å²) in [4.78, 5) is 32.6. The van der Waals surface area contributed by atoms with Gasteiger partial charge in [-0.1, -0.05) is 12.1 Å². The first-order valence-electron chi connectivity index (χ1n) is 7.61. The number of nitro benzene ring substituents is 1. The lowest BCUT2D eigenvalue weighted by atomic mass is 10.1. The SMILES string of the molecule is O=C1NC(=O)/C(=C/c2ccc(Oc3ccc(C(F)(F)F)cc3[N+](=O)[O-])cc2)N1. The predicted molar refractivity (Wildman–Crippen MR) is 89.3 cm³/mol. The number of carbonyl (C=O) groups is 2. The Balaban J connectivity index is 1.83. The number of hydrogen-bond donors (Lipinski definition) is 2. The van der Waals surface area contributed by atoms with Crippen molar-refractivity contribution in [2.24, 2.45) is 0 Å². The molecule has 2 N–H and O–H groups in total. The van der Waals surface area contributed by atoms with Gasteiger partial charge in [0.15, 0.2) is 0 Å². The molecule has 0 atom stereocenters. The zero-order chi connectivity index (χ0) is 20.5. The maximum Gasteiger partial charge on any atom is 0.416 e. The van der Waals surface area contributed by atoms with Gasteiger partial charge in [0.1, 0.15) is 11.4 Å². The minimum atomic E-state index is -4.72. The Morgan fingerprint density at radius 2 is 1.71 bits per heavy atom. The zero-order valence-corrected chi connectivity index (χ0v) is 13.7. The topological polar surface area (TPSA) is 111 Å². The maximum absolute atomic E-state index is 12.7. The van der Waals surface area contributed by atoms with Crippen molar-refractivity contribution in [3.05, 3.63) is 69.4 Å². The molecule has 0 saturated carbocycles. The fourth-order valence-electron chi connectivity index (χ4n) is 2.33. The van der Waals surface area contributed by atoms with Crippen LogP contribution in [-0.2, 0) is 11.0 Å². The molecule has 1 fully saturated rings. The number of urea groups is 1. The number of amides is 3. The van der Waals surface area contributed by atoms with Crippen molar-refractivity contribution >= 4 is 23.7 Å². The molecule has 1 heterocycles. The summed E-state index contributed by atoms with van der Waals surface area (Å²) in [6, 6.07) is 7.11. The molecule has 28 heavy (non-hydrogen) atoms. The van der Waals surface area contributed by atoms with Crippen LogP contribution in [0.15, 0.2) is 48.2 Å². The van der Waals surface area contributed by atoms with Crippen molar-refractivity contribution in [2.45, 2.75) is 6.18 Å². The van der Waals surface area contributed by atoms with E-state index in [0.29, 0.717) is 17.7 Å². The number of alkyl halides is 3. The Labute approximate surface area is 154 Å². The monoisotopic (exact) mass is 393 g/mol. The molecule has 0 radical (unpaired) electrons. The summed E-state index contributed by atoms with van der Waals surface area (Å²) in [6.45, 7) is 0. The van der Waals surface area contributed by atoms with Crippen LogP contribution in [0.2, 0.25) is 0 Å². The molecule has 0 bridgehead atoms. The molecule has 2 aromatic rings. The Kier molecular flexibility index (Phi) is 4.74. The third kappa shape index (κ3) is 4.09. The number of rotatable bonds is 4. The lowest BCUT2D eigenvalue weighted by Crippen LogP contribution is -2.22. The van der Waals surface area contributed by atoms with E-state index in [-0.39, 0.29) is 17.2 Å². The molecule has 2 aromatic carbocycles. The van der Waals surface area contributed by atoms with Gasteiger partial charge in [0.05, 0.1) is 10.5 Å². The third-order valence-electron chi connectivity index (χ3n) is 3.62. The van der Waals surface area contributed by atoms with Crippen LogP contribution >= 0.6 is 0 Å². The van der Waals surface area contributed by atoms with Crippen molar-refractivity contribution < 1.29 is 32.4 Å². The lowest BCUT2D eigenvalue weighted by molar-refractivity contribution is -0.385. The minimum absolute atomic E-state index is 0.0389. The normalized spacial score (nSPS) is 15.3. The number of halogens is 3. The molecule has 8 nitrogen and oxygen atoms in total. The van der Waals surface area contributed by atoms with Gasteiger partial charge in [-0.3, -0.25) is 20.2 Å². The van der Waals surface area contributed by atoms with Gasteiger partial charge < -0.3 is 10.1 Å². The van der Waals surface area contributed by atoms with E-state index >= 15 is 0 Å². The number of carbonyl (C=O) groups excluding carboxylic acids is 2. The first-order valence-corrected chi connectivity index (χ1v) is 7.61. The van der Waals surface area contributed by atoms with E-state index in [1.54, 1.807) is 0 Å². The Hall–Kier alpha value is -3.89. The molecule has 0 unspecified atom stereocenters. The van der Waals surface area contributed by atoms with Gasteiger partial charge in [-0.05, 0) is 35.9 Å². The second kappa shape index (κ2) is 7.02. The maximum atomic E-state index is 12.7. The van der Waals surface area contributed by atoms with E-state index in [4.69, 9.17) is 4.74 Å². The summed E-state index contributed by atoms with van der Waals surface area (Å²) in [6.07, 6.45) is -3.33. The van der Waals surface area contributed by atoms with Crippen LogP contribution < -0.4 is 15.4 Å². The quantitative estimate of drug-likeness (QED) is 0.357. The van der Waals surface area contributed by atoms with E-state index in [1.165, 1.54) is 30.3 Å². The third-order valence-corrected chi connectivity index (χ3v) is 3.62. The zero-order valence-electron chi connectivity index (χ0n) is 13.7. The van der Waals surface area contributed by atoms with Crippen LogP contribution in [0.3, 0.4) is 0 Å². The summed E-state index contributed by atoms with van der Waals surface area (Å²) in [5.74, 6) is -0.817. The fourth-order valence-corrected chi connectivity index (χ4v) is 2.33. The van der Waals surface area contributed by atoms with Crippen molar-refractivity contribution in [1.29, 1.82) is 0 Å². The Bertz CT molecular complexity index is 1000. The highest BCUT2D eigenvalue weighted by atomic mass is 19.4. The molecule has 1 aliphatic heterocycles. The molecular formula is C17H10F3N3O5. The number of ether oxygens (including phenoxy) is 1. The first-order chi connectivity index (χ1) is 13.1. The first kappa shape index (κ1) is 18.9. The highest BCUT2D eigenvalue weighted by Crippen LogP contribution is 2.37. The number of nitrogens with zero attached hydrogens (tertiary/aromatic N) is 1. The molecule has 1 aliphatic rings. The highest BCUT2D eigenvalue weighted by molar-refractivity contribution is 6.13. The van der Waals surface area contributed by atoms with Crippen LogP contribution in [0, 0.1) is 10.1 Å². The van der Waals surface area contributed by atoms with E-state index in [1.807, 2.05) is 5.32 Å². The van der Waals surface area contributed by atoms with E-state index in [2.05, 4.69) is 5.32 Å². The average Bonchev–Trinajstić information content (AvgIpc) is 2.93. The summed E-state index contributed by atoms with van der Waals surface area (Å²) in [7, 11) is 0. The van der Waals surface area contributed by atoms with Crippen LogP contribution in [0.1, 0.15) is 11.1 Å². The van der Waals surface area contributed by atoms with Gasteiger partial charge >= 0.3 is 17.9 Å². The van der Waals surface area contributed by atoms with Crippen LogP contribution in [0.4, 0.5) is 23.7 Å². The molecule has 0 aliphatic carbocycles. The number of hydrogen-bond acceptors (Lipinski definition) is 5. The molecule has 3 rings (SSSR count). The minimum Gasteiger partial charge on any atom is -0.450 e. The largest absolute Gasteiger partial charge is 0.450 e. The average molecular weight is 393 g/mol. The number of nitro groups is 1. The van der Waals surface area contributed by atoms with Crippen LogP contribution in [0.5, 0.6) is 11.5 Å². The van der Waals surface area contributed by atoms with Crippen LogP contribution in [0.25, 0.3) is 6.08 Å². The molecule has 0 aromatic heterocycles. The molecule has 1 saturated heterocycles.